The molecule has 12 heteroatoms. The number of halogens is 3. The number of nitrogens with one attached hydrogen (secondary N) is 1. The Hall–Kier alpha value is -4.37. The molecule has 0 aliphatic carbocycles. The number of nitrogens with zero attached hydrogens (tertiary/aromatic N) is 4. The number of anilines is 1. The molecule has 2 aliphatic heterocycles. The van der Waals surface area contributed by atoms with E-state index in [1.54, 1.807) is 12.0 Å². The number of hydrogen-bond acceptors (Lipinski definition) is 6. The highest BCUT2D eigenvalue weighted by Gasteiger charge is 2.39. The van der Waals surface area contributed by atoms with E-state index in [-0.39, 0.29) is 17.3 Å². The summed E-state index contributed by atoms with van der Waals surface area (Å²) < 4.78 is 45.4. The first kappa shape index (κ1) is 31.6. The second kappa shape index (κ2) is 13.7. The lowest BCUT2D eigenvalue weighted by molar-refractivity contribution is -0.138. The zero-order chi connectivity index (χ0) is 31.1. The molecular weight excluding hydrogens is 563 g/mol. The van der Waals surface area contributed by atoms with Crippen molar-refractivity contribution in [2.24, 2.45) is 0 Å². The third-order valence-electron chi connectivity index (χ3n) is 7.79. The van der Waals surface area contributed by atoms with E-state index in [4.69, 9.17) is 10.00 Å². The lowest BCUT2D eigenvalue weighted by atomic mass is 10.0. The third-order valence-corrected chi connectivity index (χ3v) is 7.79. The number of urea groups is 1. The van der Waals surface area contributed by atoms with Crippen LogP contribution in [0.5, 0.6) is 5.75 Å². The number of hydrogen-bond donors (Lipinski definition) is 1. The van der Waals surface area contributed by atoms with E-state index in [0.717, 1.165) is 54.8 Å². The predicted octanol–water partition coefficient (Wildman–Crippen LogP) is 4.86. The summed E-state index contributed by atoms with van der Waals surface area (Å²) in [7, 11) is 1.60. The van der Waals surface area contributed by atoms with Crippen molar-refractivity contribution < 1.29 is 32.3 Å². The van der Waals surface area contributed by atoms with Gasteiger partial charge in [-0.05, 0) is 68.6 Å². The van der Waals surface area contributed by atoms with Gasteiger partial charge in [0.1, 0.15) is 5.75 Å². The highest BCUT2D eigenvalue weighted by atomic mass is 19.4. The smallest absolute Gasteiger partial charge is 0.417 e. The van der Waals surface area contributed by atoms with Crippen LogP contribution in [0.15, 0.2) is 53.6 Å². The molecule has 2 heterocycles. The van der Waals surface area contributed by atoms with Crippen LogP contribution in [-0.2, 0) is 22.3 Å². The first-order chi connectivity index (χ1) is 20.5. The number of carbonyl (C=O) groups is 3. The van der Waals surface area contributed by atoms with E-state index in [1.807, 2.05) is 24.3 Å². The maximum atomic E-state index is 13.4. The van der Waals surface area contributed by atoms with Crippen molar-refractivity contribution in [2.75, 3.05) is 44.7 Å². The molecule has 2 aromatic rings. The molecule has 4 amide bonds. The lowest BCUT2D eigenvalue weighted by Crippen LogP contribution is -2.51. The van der Waals surface area contributed by atoms with Crippen molar-refractivity contribution in [3.63, 3.8) is 0 Å². The van der Waals surface area contributed by atoms with E-state index in [1.165, 1.54) is 19.1 Å². The highest BCUT2D eigenvalue weighted by molar-refractivity contribution is 6.32. The molecule has 0 atom stereocenters. The van der Waals surface area contributed by atoms with Crippen LogP contribution in [0.3, 0.4) is 0 Å². The molecule has 2 aliphatic rings. The predicted molar refractivity (Wildman–Crippen MR) is 153 cm³/mol. The largest absolute Gasteiger partial charge is 0.497 e. The number of amides is 4. The Balaban J connectivity index is 1.18. The fraction of sp³-hybridized carbons (Fsp3) is 0.419. The summed E-state index contributed by atoms with van der Waals surface area (Å²) in [5.41, 5.74) is -0.449. The summed E-state index contributed by atoms with van der Waals surface area (Å²) in [5.74, 6) is -0.511. The van der Waals surface area contributed by atoms with Gasteiger partial charge in [-0.3, -0.25) is 14.5 Å². The fourth-order valence-electron chi connectivity index (χ4n) is 5.24. The SMILES string of the molecule is COc1ccc(CNC(=O)N2CCN(CCCCCC3=C(C)C(=O)N(c4ccc(C#N)c(C(F)(F)F)c4)C3=O)CC2)cc1. The van der Waals surface area contributed by atoms with Gasteiger partial charge in [-0.25, -0.2) is 9.69 Å². The Labute approximate surface area is 248 Å². The second-order valence-corrected chi connectivity index (χ2v) is 10.5. The number of rotatable bonds is 10. The normalized spacial score (nSPS) is 16.1. The van der Waals surface area contributed by atoms with Crippen LogP contribution in [0.2, 0.25) is 0 Å². The number of unbranched alkanes of at least 4 members (excludes halogenated alkanes) is 2. The van der Waals surface area contributed by atoms with Gasteiger partial charge in [0.25, 0.3) is 11.8 Å². The first-order valence-electron chi connectivity index (χ1n) is 14.1. The van der Waals surface area contributed by atoms with Gasteiger partial charge in [-0.15, -0.1) is 0 Å². The molecule has 0 saturated carbocycles. The van der Waals surface area contributed by atoms with Crippen LogP contribution in [0.1, 0.15) is 49.3 Å². The van der Waals surface area contributed by atoms with Crippen molar-refractivity contribution in [3.8, 4) is 11.8 Å². The molecule has 1 fully saturated rings. The zero-order valence-corrected chi connectivity index (χ0v) is 24.2. The Morgan fingerprint density at radius 3 is 2.33 bits per heavy atom. The van der Waals surface area contributed by atoms with Gasteiger partial charge < -0.3 is 15.0 Å². The van der Waals surface area contributed by atoms with Gasteiger partial charge in [-0.2, -0.15) is 18.4 Å². The van der Waals surface area contributed by atoms with E-state index in [9.17, 15) is 27.6 Å². The topological polar surface area (TPSA) is 106 Å². The Morgan fingerprint density at radius 1 is 1.00 bits per heavy atom. The van der Waals surface area contributed by atoms with Gasteiger partial charge in [0.2, 0.25) is 0 Å². The first-order valence-corrected chi connectivity index (χ1v) is 14.1. The monoisotopic (exact) mass is 597 g/mol. The molecule has 0 aromatic heterocycles. The van der Waals surface area contributed by atoms with Crippen molar-refractivity contribution >= 4 is 23.5 Å². The lowest BCUT2D eigenvalue weighted by Gasteiger charge is -2.34. The fourth-order valence-corrected chi connectivity index (χ4v) is 5.24. The van der Waals surface area contributed by atoms with E-state index < -0.39 is 29.1 Å². The minimum Gasteiger partial charge on any atom is -0.497 e. The molecule has 1 N–H and O–H groups in total. The van der Waals surface area contributed by atoms with Crippen LogP contribution >= 0.6 is 0 Å². The van der Waals surface area contributed by atoms with Gasteiger partial charge in [0, 0.05) is 43.9 Å². The number of alkyl halides is 3. The molecule has 0 bridgehead atoms. The minimum absolute atomic E-state index is 0.0976. The molecule has 0 spiro atoms. The minimum atomic E-state index is -4.80. The number of methoxy groups -OCH3 is 1. The van der Waals surface area contributed by atoms with Crippen LogP contribution < -0.4 is 15.0 Å². The molecule has 43 heavy (non-hydrogen) atoms. The number of benzene rings is 2. The van der Waals surface area contributed by atoms with E-state index >= 15 is 0 Å². The number of imide groups is 1. The molecule has 4 rings (SSSR count). The summed E-state index contributed by atoms with van der Waals surface area (Å²) in [6.07, 6.45) is -2.14. The number of carbonyl (C=O) groups excluding carboxylic acids is 3. The highest BCUT2D eigenvalue weighted by Crippen LogP contribution is 2.37. The summed E-state index contributed by atoms with van der Waals surface area (Å²) >= 11 is 0. The van der Waals surface area contributed by atoms with E-state index in [0.29, 0.717) is 44.1 Å². The maximum Gasteiger partial charge on any atom is 0.417 e. The van der Waals surface area contributed by atoms with Crippen LogP contribution in [0.4, 0.5) is 23.7 Å². The molecule has 9 nitrogen and oxygen atoms in total. The summed E-state index contributed by atoms with van der Waals surface area (Å²) in [6, 6.07) is 11.8. The number of nitriles is 1. The molecule has 1 saturated heterocycles. The molecule has 228 valence electrons. The van der Waals surface area contributed by atoms with Gasteiger partial charge >= 0.3 is 12.2 Å². The van der Waals surface area contributed by atoms with Crippen LogP contribution in [-0.4, -0.2) is 67.5 Å². The molecule has 2 aromatic carbocycles. The number of piperazine rings is 1. The average molecular weight is 598 g/mol. The summed E-state index contributed by atoms with van der Waals surface area (Å²) in [4.78, 5) is 43.2. The van der Waals surface area contributed by atoms with Gasteiger partial charge in [-0.1, -0.05) is 18.6 Å². The molecule has 0 radical (unpaired) electrons. The van der Waals surface area contributed by atoms with Crippen molar-refractivity contribution in [1.29, 1.82) is 5.26 Å². The third kappa shape index (κ3) is 7.53. The second-order valence-electron chi connectivity index (χ2n) is 10.5. The van der Waals surface area contributed by atoms with E-state index in [2.05, 4.69) is 10.2 Å². The Kier molecular flexibility index (Phi) is 10.1. The maximum absolute atomic E-state index is 13.4. The summed E-state index contributed by atoms with van der Waals surface area (Å²) in [6.45, 7) is 5.54. The van der Waals surface area contributed by atoms with Crippen molar-refractivity contribution in [3.05, 3.63) is 70.3 Å². The average Bonchev–Trinajstić information content (AvgIpc) is 3.22. The van der Waals surface area contributed by atoms with Gasteiger partial charge in [0.15, 0.2) is 0 Å². The Bertz CT molecular complexity index is 1420. The van der Waals surface area contributed by atoms with Crippen molar-refractivity contribution in [2.45, 2.75) is 45.3 Å². The van der Waals surface area contributed by atoms with Crippen molar-refractivity contribution in [1.82, 2.24) is 15.1 Å². The zero-order valence-electron chi connectivity index (χ0n) is 24.2. The summed E-state index contributed by atoms with van der Waals surface area (Å²) in [5, 5.41) is 12.0. The Morgan fingerprint density at radius 2 is 1.70 bits per heavy atom. The van der Waals surface area contributed by atoms with Gasteiger partial charge in [0.05, 0.1) is 30.0 Å². The quantitative estimate of drug-likeness (QED) is 0.310. The molecular formula is C31H34F3N5O4. The standard InChI is InChI=1S/C31H34F3N5O4/c1-21-26(29(41)39(28(21)40)24-10-9-23(19-35)27(18-24)31(32,33)34)6-4-3-5-13-37-14-16-38(17-15-37)30(42)36-20-22-7-11-25(43-2)12-8-22/h7-12,18H,3-6,13-17,20H2,1-2H3,(H,36,42). The number of ether oxygens (including phenoxy) is 1. The van der Waals surface area contributed by atoms with Crippen LogP contribution in [0.25, 0.3) is 0 Å². The van der Waals surface area contributed by atoms with Crippen LogP contribution in [0, 0.1) is 11.3 Å². The molecule has 0 unspecified atom stereocenters.